The minimum atomic E-state index is -0.336. The fourth-order valence-electron chi connectivity index (χ4n) is 2.40. The van der Waals surface area contributed by atoms with Gasteiger partial charge < -0.3 is 0 Å². The van der Waals surface area contributed by atoms with E-state index in [9.17, 15) is 4.79 Å². The lowest BCUT2D eigenvalue weighted by Crippen LogP contribution is -2.17. The molecule has 1 amide bonds. The molecule has 0 saturated heterocycles. The van der Waals surface area contributed by atoms with E-state index in [0.717, 1.165) is 16.8 Å². The lowest BCUT2D eigenvalue weighted by Gasteiger charge is -2.01. The molecule has 2 N–H and O–H groups in total. The van der Waals surface area contributed by atoms with Crippen LogP contribution >= 0.6 is 0 Å². The van der Waals surface area contributed by atoms with Crippen molar-refractivity contribution in [3.8, 4) is 11.3 Å². The maximum Gasteiger partial charge on any atom is 0.289 e. The van der Waals surface area contributed by atoms with Gasteiger partial charge in [-0.1, -0.05) is 48.5 Å². The Morgan fingerprint density at radius 2 is 1.88 bits per heavy atom. The zero-order valence-corrected chi connectivity index (χ0v) is 14.7. The number of benzene rings is 2. The molecule has 1 aromatic heterocycles. The molecule has 5 nitrogen and oxygen atoms in total. The van der Waals surface area contributed by atoms with Crippen molar-refractivity contribution in [1.82, 2.24) is 15.6 Å². The minimum absolute atomic E-state index is 0.336. The molecule has 5 heteroatoms. The maximum absolute atomic E-state index is 12.1. The van der Waals surface area contributed by atoms with Crippen molar-refractivity contribution in [2.75, 3.05) is 0 Å². The quantitative estimate of drug-likeness (QED) is 0.540. The van der Waals surface area contributed by atoms with Gasteiger partial charge in [0, 0.05) is 11.8 Å². The van der Waals surface area contributed by atoms with Crippen molar-refractivity contribution in [3.05, 3.63) is 83.1 Å². The number of hydrogen-bond donors (Lipinski definition) is 2. The monoisotopic (exact) mass is 344 g/mol. The first-order chi connectivity index (χ1) is 12.6. The van der Waals surface area contributed by atoms with Crippen LogP contribution in [0.4, 0.5) is 0 Å². The predicted octanol–water partition coefficient (Wildman–Crippen LogP) is 4.12. The molecule has 2 aromatic carbocycles. The maximum atomic E-state index is 12.1. The number of hydrazone groups is 1. The second-order valence-electron chi connectivity index (χ2n) is 5.95. The highest BCUT2D eigenvalue weighted by molar-refractivity contribution is 5.94. The molecule has 0 radical (unpaired) electrons. The molecule has 130 valence electrons. The number of aryl methyl sites for hydroxylation is 2. The van der Waals surface area contributed by atoms with Crippen molar-refractivity contribution in [1.29, 1.82) is 0 Å². The Bertz CT molecular complexity index is 955. The second-order valence-corrected chi connectivity index (χ2v) is 5.95. The summed E-state index contributed by atoms with van der Waals surface area (Å²) in [6.07, 6.45) is 5.21. The number of rotatable bonds is 5. The SMILES string of the molecule is Cc1ccc(-c2cc(C(=O)NN=CC=Cc3ccccc3)[nH]n2)cc1C. The van der Waals surface area contributed by atoms with Gasteiger partial charge in [-0.2, -0.15) is 10.2 Å². The number of allylic oxidation sites excluding steroid dienone is 1. The Kier molecular flexibility index (Phi) is 5.39. The van der Waals surface area contributed by atoms with E-state index in [0.29, 0.717) is 5.69 Å². The highest BCUT2D eigenvalue weighted by Crippen LogP contribution is 2.20. The normalized spacial score (nSPS) is 11.3. The highest BCUT2D eigenvalue weighted by Gasteiger charge is 2.10. The minimum Gasteiger partial charge on any atom is -0.272 e. The Labute approximate surface area is 152 Å². The first-order valence-corrected chi connectivity index (χ1v) is 8.31. The van der Waals surface area contributed by atoms with Crippen LogP contribution in [0.3, 0.4) is 0 Å². The van der Waals surface area contributed by atoms with Gasteiger partial charge in [-0.3, -0.25) is 9.89 Å². The van der Waals surface area contributed by atoms with E-state index in [4.69, 9.17) is 0 Å². The van der Waals surface area contributed by atoms with Crippen LogP contribution in [0.5, 0.6) is 0 Å². The van der Waals surface area contributed by atoms with Crippen LogP contribution in [-0.2, 0) is 0 Å². The fourth-order valence-corrected chi connectivity index (χ4v) is 2.40. The molecule has 1 heterocycles. The number of nitrogens with one attached hydrogen (secondary N) is 2. The molecule has 3 aromatic rings. The van der Waals surface area contributed by atoms with Crippen molar-refractivity contribution in [2.45, 2.75) is 13.8 Å². The third-order valence-electron chi connectivity index (χ3n) is 4.04. The molecule has 0 aliphatic heterocycles. The van der Waals surface area contributed by atoms with Gasteiger partial charge in [-0.15, -0.1) is 0 Å². The zero-order valence-electron chi connectivity index (χ0n) is 14.7. The van der Waals surface area contributed by atoms with Crippen molar-refractivity contribution < 1.29 is 4.79 Å². The third kappa shape index (κ3) is 4.33. The van der Waals surface area contributed by atoms with Gasteiger partial charge in [-0.25, -0.2) is 5.43 Å². The summed E-state index contributed by atoms with van der Waals surface area (Å²) in [5, 5.41) is 10.9. The Morgan fingerprint density at radius 3 is 2.65 bits per heavy atom. The summed E-state index contributed by atoms with van der Waals surface area (Å²) >= 11 is 0. The van der Waals surface area contributed by atoms with E-state index in [1.54, 1.807) is 12.1 Å². The summed E-state index contributed by atoms with van der Waals surface area (Å²) in [6, 6.07) is 17.7. The summed E-state index contributed by atoms with van der Waals surface area (Å²) in [7, 11) is 0. The first-order valence-electron chi connectivity index (χ1n) is 8.31. The zero-order chi connectivity index (χ0) is 18.4. The van der Waals surface area contributed by atoms with Crippen LogP contribution in [0.25, 0.3) is 17.3 Å². The average Bonchev–Trinajstić information content (AvgIpc) is 3.15. The number of nitrogens with zero attached hydrogens (tertiary/aromatic N) is 2. The molecule has 0 bridgehead atoms. The molecule has 0 spiro atoms. The molecule has 26 heavy (non-hydrogen) atoms. The molecule has 0 aliphatic carbocycles. The van der Waals surface area contributed by atoms with Crippen LogP contribution in [0.15, 0.2) is 65.8 Å². The van der Waals surface area contributed by atoms with E-state index in [1.807, 2.05) is 48.5 Å². The first kappa shape index (κ1) is 17.4. The Balaban J connectivity index is 1.60. The van der Waals surface area contributed by atoms with Crippen molar-refractivity contribution >= 4 is 18.2 Å². The fraction of sp³-hybridized carbons (Fsp3) is 0.0952. The van der Waals surface area contributed by atoms with Crippen LogP contribution in [-0.4, -0.2) is 22.3 Å². The van der Waals surface area contributed by atoms with E-state index in [-0.39, 0.29) is 5.91 Å². The van der Waals surface area contributed by atoms with E-state index >= 15 is 0 Å². The summed E-state index contributed by atoms with van der Waals surface area (Å²) in [6.45, 7) is 4.11. The van der Waals surface area contributed by atoms with Crippen LogP contribution < -0.4 is 5.43 Å². The molecule has 0 saturated carbocycles. The van der Waals surface area contributed by atoms with Gasteiger partial charge in [0.25, 0.3) is 5.91 Å². The Morgan fingerprint density at radius 1 is 1.08 bits per heavy atom. The number of amides is 1. The largest absolute Gasteiger partial charge is 0.289 e. The summed E-state index contributed by atoms with van der Waals surface area (Å²) in [5.74, 6) is -0.336. The van der Waals surface area contributed by atoms with E-state index in [2.05, 4.69) is 40.6 Å². The lowest BCUT2D eigenvalue weighted by molar-refractivity contribution is 0.0950. The molecule has 3 rings (SSSR count). The van der Waals surface area contributed by atoms with Crippen LogP contribution in [0.2, 0.25) is 0 Å². The topological polar surface area (TPSA) is 70.1 Å². The Hall–Kier alpha value is -3.47. The smallest absolute Gasteiger partial charge is 0.272 e. The summed E-state index contributed by atoms with van der Waals surface area (Å²) in [5.41, 5.74) is 8.02. The number of aromatic nitrogens is 2. The average molecular weight is 344 g/mol. The van der Waals surface area contributed by atoms with Crippen molar-refractivity contribution in [2.24, 2.45) is 5.10 Å². The van der Waals surface area contributed by atoms with Crippen LogP contribution in [0.1, 0.15) is 27.2 Å². The number of H-pyrrole nitrogens is 1. The molecular formula is C21H20N4O. The third-order valence-corrected chi connectivity index (χ3v) is 4.04. The summed E-state index contributed by atoms with van der Waals surface area (Å²) in [4.78, 5) is 12.1. The van der Waals surface area contributed by atoms with Gasteiger partial charge in [-0.05, 0) is 48.7 Å². The van der Waals surface area contributed by atoms with E-state index in [1.165, 1.54) is 17.3 Å². The number of carbonyl (C=O) groups is 1. The number of hydrogen-bond acceptors (Lipinski definition) is 3. The molecule has 0 aliphatic rings. The lowest BCUT2D eigenvalue weighted by atomic mass is 10.0. The van der Waals surface area contributed by atoms with Gasteiger partial charge in [0.2, 0.25) is 0 Å². The van der Waals surface area contributed by atoms with E-state index < -0.39 is 0 Å². The molecule has 0 fully saturated rings. The van der Waals surface area contributed by atoms with Crippen LogP contribution in [0, 0.1) is 13.8 Å². The van der Waals surface area contributed by atoms with Gasteiger partial charge >= 0.3 is 0 Å². The number of carbonyl (C=O) groups excluding carboxylic acids is 1. The highest BCUT2D eigenvalue weighted by atomic mass is 16.2. The van der Waals surface area contributed by atoms with Gasteiger partial charge in [0.15, 0.2) is 0 Å². The molecule has 0 unspecified atom stereocenters. The van der Waals surface area contributed by atoms with Gasteiger partial charge in [0.05, 0.1) is 5.69 Å². The predicted molar refractivity (Wildman–Crippen MR) is 105 cm³/mol. The molecular weight excluding hydrogens is 324 g/mol. The van der Waals surface area contributed by atoms with Crippen molar-refractivity contribution in [3.63, 3.8) is 0 Å². The number of aromatic amines is 1. The van der Waals surface area contributed by atoms with Gasteiger partial charge in [0.1, 0.15) is 5.69 Å². The second kappa shape index (κ2) is 8.07. The molecule has 0 atom stereocenters. The standard InChI is InChI=1S/C21H20N4O/c1-15-10-11-18(13-16(15)2)19-14-20(24-23-19)21(26)25-22-12-6-9-17-7-4-3-5-8-17/h3-14H,1-2H3,(H,23,24)(H,25,26). The summed E-state index contributed by atoms with van der Waals surface area (Å²) < 4.78 is 0.